The maximum atomic E-state index is 12.3. The summed E-state index contributed by atoms with van der Waals surface area (Å²) in [6.07, 6.45) is 4.80. The van der Waals surface area contributed by atoms with Crippen LogP contribution in [0.2, 0.25) is 0 Å². The Morgan fingerprint density at radius 2 is 2.21 bits per heavy atom. The second-order valence-electron chi connectivity index (χ2n) is 6.25. The smallest absolute Gasteiger partial charge is 0.224 e. The maximum Gasteiger partial charge on any atom is 0.224 e. The van der Waals surface area contributed by atoms with Crippen molar-refractivity contribution in [2.75, 3.05) is 18.4 Å². The number of carbonyl (C=O) groups is 1. The molecule has 132 valence electrons. The van der Waals surface area contributed by atoms with Crippen molar-refractivity contribution in [1.82, 2.24) is 10.3 Å². The number of hydrogen-bond acceptors (Lipinski definition) is 3. The van der Waals surface area contributed by atoms with Crippen LogP contribution in [0.1, 0.15) is 26.2 Å². The number of amides is 1. The summed E-state index contributed by atoms with van der Waals surface area (Å²) in [5.41, 5.74) is 1.79. The zero-order valence-corrected chi connectivity index (χ0v) is 15.5. The molecule has 0 saturated carbocycles. The third kappa shape index (κ3) is 5.33. The van der Waals surface area contributed by atoms with Crippen LogP contribution in [-0.4, -0.2) is 24.0 Å². The van der Waals surface area contributed by atoms with Crippen molar-refractivity contribution in [3.05, 3.63) is 36.5 Å². The number of rotatable bonds is 4. The minimum absolute atomic E-state index is 0. The Balaban J connectivity index is 0.00000144. The summed E-state index contributed by atoms with van der Waals surface area (Å²) in [6, 6.07) is 9.76. The lowest BCUT2D eigenvalue weighted by molar-refractivity contribution is -0.117. The van der Waals surface area contributed by atoms with Crippen molar-refractivity contribution in [3.63, 3.8) is 0 Å². The zero-order valence-electron chi connectivity index (χ0n) is 13.8. The predicted octanol–water partition coefficient (Wildman–Crippen LogP) is 4.04. The first-order chi connectivity index (χ1) is 10.7. The molecule has 24 heavy (non-hydrogen) atoms. The molecule has 3 rings (SSSR count). The Morgan fingerprint density at radius 3 is 2.96 bits per heavy atom. The Bertz CT molecular complexity index is 660. The lowest BCUT2D eigenvalue weighted by Gasteiger charge is -2.28. The molecule has 1 saturated heterocycles. The largest absolute Gasteiger partial charge is 0.326 e. The summed E-state index contributed by atoms with van der Waals surface area (Å²) in [7, 11) is 0. The first-order valence-electron chi connectivity index (χ1n) is 8.08. The highest BCUT2D eigenvalue weighted by atomic mass is 35.5. The molecule has 1 fully saturated rings. The highest BCUT2D eigenvalue weighted by Gasteiger charge is 2.22. The van der Waals surface area contributed by atoms with Gasteiger partial charge in [-0.25, -0.2) is 0 Å². The van der Waals surface area contributed by atoms with E-state index in [9.17, 15) is 4.79 Å². The van der Waals surface area contributed by atoms with Gasteiger partial charge in [0, 0.05) is 23.7 Å². The minimum Gasteiger partial charge on any atom is -0.326 e. The average Bonchev–Trinajstić information content (AvgIpc) is 2.55. The molecule has 6 heteroatoms. The van der Waals surface area contributed by atoms with Crippen molar-refractivity contribution in [2.45, 2.75) is 26.2 Å². The molecule has 4 nitrogen and oxygen atoms in total. The molecule has 0 bridgehead atoms. The van der Waals surface area contributed by atoms with Crippen LogP contribution in [-0.2, 0) is 4.79 Å². The summed E-state index contributed by atoms with van der Waals surface area (Å²) in [5.74, 6) is 1.12. The molecular formula is C18H25Cl2N3O. The molecule has 0 radical (unpaired) electrons. The van der Waals surface area contributed by atoms with Crippen LogP contribution in [0.4, 0.5) is 5.69 Å². The second kappa shape index (κ2) is 9.82. The van der Waals surface area contributed by atoms with Gasteiger partial charge in [0.15, 0.2) is 0 Å². The van der Waals surface area contributed by atoms with E-state index in [1.54, 1.807) is 6.20 Å². The van der Waals surface area contributed by atoms with Gasteiger partial charge in [0.25, 0.3) is 0 Å². The van der Waals surface area contributed by atoms with E-state index in [0.717, 1.165) is 29.7 Å². The molecule has 1 aliphatic heterocycles. The SMILES string of the molecule is CC(CC(=O)Nc1ccc2ncccc2c1)C1CCCNC1.Cl.Cl. The van der Waals surface area contributed by atoms with E-state index >= 15 is 0 Å². The number of aromatic nitrogens is 1. The zero-order chi connectivity index (χ0) is 15.4. The van der Waals surface area contributed by atoms with Crippen LogP contribution in [0.3, 0.4) is 0 Å². The van der Waals surface area contributed by atoms with E-state index < -0.39 is 0 Å². The molecule has 1 aromatic carbocycles. The molecule has 2 N–H and O–H groups in total. The Labute approximate surface area is 155 Å². The van der Waals surface area contributed by atoms with Crippen molar-refractivity contribution in [1.29, 1.82) is 0 Å². The third-order valence-electron chi connectivity index (χ3n) is 4.53. The van der Waals surface area contributed by atoms with Gasteiger partial charge in [0.2, 0.25) is 5.91 Å². The first kappa shape index (κ1) is 20.7. The molecule has 2 aromatic rings. The highest BCUT2D eigenvalue weighted by molar-refractivity contribution is 5.93. The number of halogens is 2. The van der Waals surface area contributed by atoms with Gasteiger partial charge in [-0.2, -0.15) is 0 Å². The topological polar surface area (TPSA) is 54.0 Å². The van der Waals surface area contributed by atoms with Crippen molar-refractivity contribution in [2.24, 2.45) is 11.8 Å². The third-order valence-corrected chi connectivity index (χ3v) is 4.53. The van der Waals surface area contributed by atoms with Crippen molar-refractivity contribution in [3.8, 4) is 0 Å². The number of piperidine rings is 1. The normalized spacial score (nSPS) is 18.1. The Morgan fingerprint density at radius 1 is 1.38 bits per heavy atom. The number of benzene rings is 1. The van der Waals surface area contributed by atoms with Crippen LogP contribution in [0.15, 0.2) is 36.5 Å². The van der Waals surface area contributed by atoms with E-state index in [0.29, 0.717) is 18.3 Å². The minimum atomic E-state index is 0. The highest BCUT2D eigenvalue weighted by Crippen LogP contribution is 2.23. The molecular weight excluding hydrogens is 345 g/mol. The van der Waals surface area contributed by atoms with Gasteiger partial charge in [-0.1, -0.05) is 13.0 Å². The summed E-state index contributed by atoms with van der Waals surface area (Å²) < 4.78 is 0. The molecule has 2 atom stereocenters. The quantitative estimate of drug-likeness (QED) is 0.854. The van der Waals surface area contributed by atoms with Gasteiger partial charge >= 0.3 is 0 Å². The second-order valence-corrected chi connectivity index (χ2v) is 6.25. The molecule has 1 amide bonds. The lowest BCUT2D eigenvalue weighted by Crippen LogP contribution is -2.34. The summed E-state index contributed by atoms with van der Waals surface area (Å²) in [4.78, 5) is 16.5. The number of pyridine rings is 1. The van der Waals surface area contributed by atoms with Gasteiger partial charge in [-0.15, -0.1) is 24.8 Å². The number of hydrogen-bond donors (Lipinski definition) is 2. The number of nitrogens with one attached hydrogen (secondary N) is 2. The molecule has 1 aromatic heterocycles. The van der Waals surface area contributed by atoms with E-state index in [1.165, 1.54) is 12.8 Å². The van der Waals surface area contributed by atoms with Crippen LogP contribution in [0, 0.1) is 11.8 Å². The fourth-order valence-electron chi connectivity index (χ4n) is 3.19. The molecule has 2 unspecified atom stereocenters. The van der Waals surface area contributed by atoms with Crippen molar-refractivity contribution < 1.29 is 4.79 Å². The number of anilines is 1. The van der Waals surface area contributed by atoms with Gasteiger partial charge in [-0.05, 0) is 62.0 Å². The predicted molar refractivity (Wildman–Crippen MR) is 104 cm³/mol. The summed E-state index contributed by atoms with van der Waals surface area (Å²) in [5, 5.41) is 7.48. The van der Waals surface area contributed by atoms with Crippen LogP contribution >= 0.6 is 24.8 Å². The standard InChI is InChI=1S/C18H23N3O.2ClH/c1-13(15-5-2-8-19-12-15)10-18(22)21-16-6-7-17-14(11-16)4-3-9-20-17;;/h3-4,6-7,9,11,13,15,19H,2,5,8,10,12H2,1H3,(H,21,22);2*1H. The number of carbonyl (C=O) groups excluding carboxylic acids is 1. The molecule has 2 heterocycles. The lowest BCUT2D eigenvalue weighted by atomic mass is 9.85. The Hall–Kier alpha value is -1.36. The summed E-state index contributed by atoms with van der Waals surface area (Å²) >= 11 is 0. The van der Waals surface area contributed by atoms with Gasteiger partial charge < -0.3 is 10.6 Å². The fourth-order valence-corrected chi connectivity index (χ4v) is 3.19. The van der Waals surface area contributed by atoms with Gasteiger partial charge in [0.1, 0.15) is 0 Å². The number of nitrogens with zero attached hydrogens (tertiary/aromatic N) is 1. The molecule has 0 spiro atoms. The van der Waals surface area contributed by atoms with Crippen molar-refractivity contribution >= 4 is 47.3 Å². The van der Waals surface area contributed by atoms with E-state index in [1.807, 2.05) is 30.3 Å². The van der Waals surface area contributed by atoms with Crippen LogP contribution in [0.5, 0.6) is 0 Å². The monoisotopic (exact) mass is 369 g/mol. The van der Waals surface area contributed by atoms with E-state index in [2.05, 4.69) is 22.5 Å². The average molecular weight is 370 g/mol. The van der Waals surface area contributed by atoms with E-state index in [-0.39, 0.29) is 30.7 Å². The maximum absolute atomic E-state index is 12.3. The van der Waals surface area contributed by atoms with Crippen LogP contribution in [0.25, 0.3) is 10.9 Å². The number of fused-ring (bicyclic) bond motifs is 1. The molecule has 0 aliphatic carbocycles. The van der Waals surface area contributed by atoms with E-state index in [4.69, 9.17) is 0 Å². The van der Waals surface area contributed by atoms with Gasteiger partial charge in [-0.3, -0.25) is 9.78 Å². The fraction of sp³-hybridized carbons (Fsp3) is 0.444. The first-order valence-corrected chi connectivity index (χ1v) is 8.08. The Kier molecular flexibility index (Phi) is 8.46. The van der Waals surface area contributed by atoms with Gasteiger partial charge in [0.05, 0.1) is 5.52 Å². The summed E-state index contributed by atoms with van der Waals surface area (Å²) in [6.45, 7) is 4.33. The molecule has 1 aliphatic rings. The van der Waals surface area contributed by atoms with Crippen LogP contribution < -0.4 is 10.6 Å².